The van der Waals surface area contributed by atoms with Gasteiger partial charge in [0, 0.05) is 18.7 Å². The quantitative estimate of drug-likeness (QED) is 0.880. The van der Waals surface area contributed by atoms with Crippen LogP contribution in [-0.2, 0) is 11.3 Å². The van der Waals surface area contributed by atoms with Crippen molar-refractivity contribution in [2.75, 3.05) is 13.2 Å². The van der Waals surface area contributed by atoms with E-state index in [9.17, 15) is 4.79 Å². The van der Waals surface area contributed by atoms with E-state index < -0.39 is 0 Å². The average molecular weight is 336 g/mol. The van der Waals surface area contributed by atoms with Gasteiger partial charge >= 0.3 is 0 Å². The average Bonchev–Trinajstić information content (AvgIpc) is 3.18. The van der Waals surface area contributed by atoms with Crippen LogP contribution in [-0.4, -0.2) is 25.2 Å². The predicted octanol–water partition coefficient (Wildman–Crippen LogP) is 3.05. The molecule has 1 fully saturated rings. The maximum atomic E-state index is 12.2. The fourth-order valence-electron chi connectivity index (χ4n) is 2.70. The number of benzene rings is 2. The van der Waals surface area contributed by atoms with Crippen molar-refractivity contribution in [3.8, 4) is 11.8 Å². The van der Waals surface area contributed by atoms with E-state index in [1.165, 1.54) is 0 Å². The summed E-state index contributed by atoms with van der Waals surface area (Å²) in [6.45, 7) is 1.73. The summed E-state index contributed by atoms with van der Waals surface area (Å²) >= 11 is 0. The number of hydrogen-bond donors (Lipinski definition) is 1. The van der Waals surface area contributed by atoms with Crippen LogP contribution >= 0.6 is 0 Å². The normalized spacial score (nSPS) is 16.2. The van der Waals surface area contributed by atoms with E-state index in [2.05, 4.69) is 11.4 Å². The number of nitrogens with one attached hydrogen (secondary N) is 1. The molecule has 128 valence electrons. The van der Waals surface area contributed by atoms with Crippen molar-refractivity contribution in [2.45, 2.75) is 25.5 Å². The third kappa shape index (κ3) is 4.82. The van der Waals surface area contributed by atoms with E-state index in [-0.39, 0.29) is 12.0 Å². The third-order valence-electron chi connectivity index (χ3n) is 4.09. The van der Waals surface area contributed by atoms with E-state index in [1.807, 2.05) is 6.07 Å². The van der Waals surface area contributed by atoms with Crippen LogP contribution in [0.3, 0.4) is 0 Å². The largest absolute Gasteiger partial charge is 0.491 e. The van der Waals surface area contributed by atoms with Crippen molar-refractivity contribution in [3.05, 3.63) is 65.2 Å². The van der Waals surface area contributed by atoms with Gasteiger partial charge in [-0.05, 0) is 54.8 Å². The smallest absolute Gasteiger partial charge is 0.251 e. The molecule has 0 bridgehead atoms. The minimum atomic E-state index is -0.159. The van der Waals surface area contributed by atoms with Crippen molar-refractivity contribution in [3.63, 3.8) is 0 Å². The SMILES string of the molecule is N#Cc1cccc(CNC(=O)c2ccc(OCC3CCCO3)cc2)c1. The minimum Gasteiger partial charge on any atom is -0.491 e. The lowest BCUT2D eigenvalue weighted by Gasteiger charge is -2.12. The summed E-state index contributed by atoms with van der Waals surface area (Å²) < 4.78 is 11.2. The molecule has 0 aromatic heterocycles. The molecule has 1 aliphatic rings. The molecular formula is C20H20N2O3. The molecule has 0 radical (unpaired) electrons. The summed E-state index contributed by atoms with van der Waals surface area (Å²) in [5, 5.41) is 11.8. The van der Waals surface area contributed by atoms with Gasteiger partial charge in [-0.25, -0.2) is 0 Å². The number of hydrogen-bond acceptors (Lipinski definition) is 4. The molecule has 3 rings (SSSR count). The van der Waals surface area contributed by atoms with Crippen molar-refractivity contribution >= 4 is 5.91 Å². The third-order valence-corrected chi connectivity index (χ3v) is 4.09. The summed E-state index contributed by atoms with van der Waals surface area (Å²) in [4.78, 5) is 12.2. The predicted molar refractivity (Wildman–Crippen MR) is 93.2 cm³/mol. The van der Waals surface area contributed by atoms with E-state index in [4.69, 9.17) is 14.7 Å². The molecule has 1 saturated heterocycles. The second-order valence-electron chi connectivity index (χ2n) is 5.97. The number of nitriles is 1. The molecule has 5 nitrogen and oxygen atoms in total. The molecule has 0 aliphatic carbocycles. The first-order valence-corrected chi connectivity index (χ1v) is 8.36. The van der Waals surface area contributed by atoms with Crippen LogP contribution in [0.4, 0.5) is 0 Å². The molecule has 0 saturated carbocycles. The minimum absolute atomic E-state index is 0.159. The van der Waals surface area contributed by atoms with Crippen LogP contribution in [0.1, 0.15) is 34.3 Å². The van der Waals surface area contributed by atoms with E-state index >= 15 is 0 Å². The summed E-state index contributed by atoms with van der Waals surface area (Å²) in [6.07, 6.45) is 2.30. The zero-order valence-corrected chi connectivity index (χ0v) is 13.9. The van der Waals surface area contributed by atoms with Gasteiger partial charge in [0.15, 0.2) is 0 Å². The maximum Gasteiger partial charge on any atom is 0.251 e. The van der Waals surface area contributed by atoms with Crippen LogP contribution in [0.15, 0.2) is 48.5 Å². The topological polar surface area (TPSA) is 71.4 Å². The Bertz CT molecular complexity index is 759. The Labute approximate surface area is 147 Å². The number of ether oxygens (including phenoxy) is 2. The highest BCUT2D eigenvalue weighted by Gasteiger charge is 2.16. The molecule has 1 aliphatic heterocycles. The van der Waals surface area contributed by atoms with E-state index in [0.717, 1.165) is 30.8 Å². The lowest BCUT2D eigenvalue weighted by molar-refractivity contribution is 0.0679. The van der Waals surface area contributed by atoms with Crippen LogP contribution in [0.5, 0.6) is 5.75 Å². The lowest BCUT2D eigenvalue weighted by Crippen LogP contribution is -2.22. The fourth-order valence-corrected chi connectivity index (χ4v) is 2.70. The first-order valence-electron chi connectivity index (χ1n) is 8.36. The highest BCUT2D eigenvalue weighted by Crippen LogP contribution is 2.16. The highest BCUT2D eigenvalue weighted by atomic mass is 16.5. The second kappa shape index (κ2) is 8.32. The summed E-state index contributed by atoms with van der Waals surface area (Å²) in [5.74, 6) is 0.571. The van der Waals surface area contributed by atoms with E-state index in [0.29, 0.717) is 24.3 Å². The van der Waals surface area contributed by atoms with Gasteiger partial charge < -0.3 is 14.8 Å². The van der Waals surface area contributed by atoms with Crippen molar-refractivity contribution in [1.82, 2.24) is 5.32 Å². The van der Waals surface area contributed by atoms with Gasteiger partial charge in [0.05, 0.1) is 17.7 Å². The molecule has 2 aromatic carbocycles. The molecule has 5 heteroatoms. The first kappa shape index (κ1) is 17.0. The van der Waals surface area contributed by atoms with Crippen LogP contribution in [0.2, 0.25) is 0 Å². The first-order chi connectivity index (χ1) is 12.2. The Hall–Kier alpha value is -2.84. The molecule has 1 N–H and O–H groups in total. The molecule has 1 unspecified atom stereocenters. The number of nitrogens with zero attached hydrogens (tertiary/aromatic N) is 1. The standard InChI is InChI=1S/C20H20N2O3/c21-12-15-3-1-4-16(11-15)13-22-20(23)17-6-8-18(9-7-17)25-14-19-5-2-10-24-19/h1,3-4,6-9,11,19H,2,5,10,13-14H2,(H,22,23). The van der Waals surface area contributed by atoms with Crippen LogP contribution in [0.25, 0.3) is 0 Å². The number of rotatable bonds is 6. The van der Waals surface area contributed by atoms with Gasteiger partial charge in [0.1, 0.15) is 12.4 Å². The van der Waals surface area contributed by atoms with Crippen LogP contribution < -0.4 is 10.1 Å². The molecule has 1 heterocycles. The summed E-state index contributed by atoms with van der Waals surface area (Å²) in [5.41, 5.74) is 2.05. The van der Waals surface area contributed by atoms with Gasteiger partial charge in [0.25, 0.3) is 5.91 Å². The maximum absolute atomic E-state index is 12.2. The molecule has 0 spiro atoms. The molecule has 2 aromatic rings. The second-order valence-corrected chi connectivity index (χ2v) is 5.97. The van der Waals surface area contributed by atoms with Gasteiger partial charge in [-0.1, -0.05) is 12.1 Å². The van der Waals surface area contributed by atoms with Crippen molar-refractivity contribution in [2.24, 2.45) is 0 Å². The molecule has 25 heavy (non-hydrogen) atoms. The Morgan fingerprint density at radius 1 is 1.28 bits per heavy atom. The highest BCUT2D eigenvalue weighted by molar-refractivity contribution is 5.94. The summed E-state index contributed by atoms with van der Waals surface area (Å²) in [6, 6.07) is 16.3. The number of carbonyl (C=O) groups excluding carboxylic acids is 1. The molecule has 1 atom stereocenters. The van der Waals surface area contributed by atoms with Gasteiger partial charge in [-0.15, -0.1) is 0 Å². The monoisotopic (exact) mass is 336 g/mol. The number of amides is 1. The molecular weight excluding hydrogens is 316 g/mol. The zero-order valence-electron chi connectivity index (χ0n) is 13.9. The zero-order chi connectivity index (χ0) is 17.5. The Kier molecular flexibility index (Phi) is 5.65. The van der Waals surface area contributed by atoms with E-state index in [1.54, 1.807) is 42.5 Å². The lowest BCUT2D eigenvalue weighted by atomic mass is 10.1. The Morgan fingerprint density at radius 2 is 2.12 bits per heavy atom. The van der Waals surface area contributed by atoms with Gasteiger partial charge in [-0.2, -0.15) is 5.26 Å². The molecule has 1 amide bonds. The Morgan fingerprint density at radius 3 is 2.84 bits per heavy atom. The van der Waals surface area contributed by atoms with Crippen molar-refractivity contribution < 1.29 is 14.3 Å². The van der Waals surface area contributed by atoms with Crippen LogP contribution in [0, 0.1) is 11.3 Å². The Balaban J connectivity index is 1.50. The van der Waals surface area contributed by atoms with Gasteiger partial charge in [-0.3, -0.25) is 4.79 Å². The van der Waals surface area contributed by atoms with Gasteiger partial charge in [0.2, 0.25) is 0 Å². The van der Waals surface area contributed by atoms with Crippen molar-refractivity contribution in [1.29, 1.82) is 5.26 Å². The summed E-state index contributed by atoms with van der Waals surface area (Å²) in [7, 11) is 0. The number of carbonyl (C=O) groups is 1. The fraction of sp³-hybridized carbons (Fsp3) is 0.300.